The van der Waals surface area contributed by atoms with Crippen LogP contribution in [0.25, 0.3) is 0 Å². The minimum atomic E-state index is -3.80. The molecule has 0 aromatic carbocycles. The summed E-state index contributed by atoms with van der Waals surface area (Å²) in [5.74, 6) is -0.681. The number of nitrogens with zero attached hydrogens (tertiary/aromatic N) is 1. The van der Waals surface area contributed by atoms with Crippen molar-refractivity contribution < 1.29 is 13.2 Å². The molecule has 9 heteroatoms. The van der Waals surface area contributed by atoms with E-state index < -0.39 is 15.9 Å². The van der Waals surface area contributed by atoms with Crippen molar-refractivity contribution in [1.29, 1.82) is 0 Å². The summed E-state index contributed by atoms with van der Waals surface area (Å²) >= 11 is 1.09. The van der Waals surface area contributed by atoms with Gasteiger partial charge in [0.05, 0.1) is 17.0 Å². The predicted molar refractivity (Wildman–Crippen MR) is 71.7 cm³/mol. The highest BCUT2D eigenvalue weighted by Gasteiger charge is 2.24. The third-order valence-corrected chi connectivity index (χ3v) is 5.06. The molecule has 1 amide bonds. The van der Waals surface area contributed by atoms with Crippen LogP contribution in [-0.4, -0.2) is 24.5 Å². The monoisotopic (exact) mass is 300 g/mol. The number of nitrogens with one attached hydrogen (secondary N) is 2. The Morgan fingerprint density at radius 2 is 2.16 bits per heavy atom. The van der Waals surface area contributed by atoms with E-state index in [1.807, 2.05) is 0 Å². The lowest BCUT2D eigenvalue weighted by Gasteiger charge is -2.07. The Hall–Kier alpha value is -1.87. The number of hydrogen-bond acceptors (Lipinski definition) is 5. The van der Waals surface area contributed by atoms with E-state index in [2.05, 4.69) is 14.9 Å². The number of carbonyl (C=O) groups excluding carboxylic acids is 1. The van der Waals surface area contributed by atoms with Crippen LogP contribution in [0.4, 0.5) is 5.00 Å². The zero-order chi connectivity index (χ0) is 14.2. The number of aryl methyl sites for hydroxylation is 2. The zero-order valence-corrected chi connectivity index (χ0v) is 11.9. The van der Waals surface area contributed by atoms with Gasteiger partial charge in [-0.25, -0.2) is 8.42 Å². The summed E-state index contributed by atoms with van der Waals surface area (Å²) in [6, 6.07) is 1.47. The van der Waals surface area contributed by atoms with E-state index in [0.717, 1.165) is 11.3 Å². The highest BCUT2D eigenvalue weighted by Crippen LogP contribution is 2.27. The van der Waals surface area contributed by atoms with Gasteiger partial charge in [0.1, 0.15) is 9.90 Å². The molecule has 0 bridgehead atoms. The molecule has 0 fully saturated rings. The first-order valence-corrected chi connectivity index (χ1v) is 7.61. The fourth-order valence-electron chi connectivity index (χ4n) is 1.69. The number of nitrogens with two attached hydrogens (primary N) is 1. The third kappa shape index (κ3) is 2.47. The Kier molecular flexibility index (Phi) is 3.33. The summed E-state index contributed by atoms with van der Waals surface area (Å²) in [5.41, 5.74) is 6.11. The molecule has 0 aliphatic rings. The van der Waals surface area contributed by atoms with E-state index in [4.69, 9.17) is 5.73 Å². The molecule has 0 spiro atoms. The number of primary amides is 1. The van der Waals surface area contributed by atoms with Gasteiger partial charge >= 0.3 is 0 Å². The van der Waals surface area contributed by atoms with Crippen LogP contribution in [0.15, 0.2) is 16.3 Å². The van der Waals surface area contributed by atoms with Crippen LogP contribution in [0.3, 0.4) is 0 Å². The average molecular weight is 300 g/mol. The number of H-pyrrole nitrogens is 1. The standard InChI is InChI=1S/C10H12N4O3S2/c1-5-8(6(2)13-12-5)19(16,17)14-10-7(9(11)15)3-4-18-10/h3-4,14H,1-2H3,(H2,11,15)(H,12,13). The molecular weight excluding hydrogens is 288 g/mol. The largest absolute Gasteiger partial charge is 0.366 e. The molecule has 0 atom stereocenters. The number of thiophene rings is 1. The maximum Gasteiger partial charge on any atom is 0.266 e. The highest BCUT2D eigenvalue weighted by atomic mass is 32.2. The average Bonchev–Trinajstić information content (AvgIpc) is 2.85. The van der Waals surface area contributed by atoms with Gasteiger partial charge in [-0.2, -0.15) is 5.10 Å². The van der Waals surface area contributed by atoms with E-state index in [1.165, 1.54) is 6.07 Å². The van der Waals surface area contributed by atoms with Crippen LogP contribution >= 0.6 is 11.3 Å². The molecule has 0 saturated heterocycles. The van der Waals surface area contributed by atoms with Crippen molar-refractivity contribution >= 4 is 32.3 Å². The van der Waals surface area contributed by atoms with Crippen LogP contribution < -0.4 is 10.5 Å². The molecule has 19 heavy (non-hydrogen) atoms. The first kappa shape index (κ1) is 13.6. The number of anilines is 1. The summed E-state index contributed by atoms with van der Waals surface area (Å²) in [6.45, 7) is 3.19. The number of aromatic nitrogens is 2. The quantitative estimate of drug-likeness (QED) is 0.780. The van der Waals surface area contributed by atoms with Gasteiger partial charge in [-0.1, -0.05) is 0 Å². The molecule has 2 aromatic rings. The second-order valence-electron chi connectivity index (χ2n) is 3.90. The van der Waals surface area contributed by atoms with E-state index in [0.29, 0.717) is 11.4 Å². The van der Waals surface area contributed by atoms with Gasteiger partial charge in [-0.15, -0.1) is 11.3 Å². The summed E-state index contributed by atoms with van der Waals surface area (Å²) in [6.07, 6.45) is 0. The van der Waals surface area contributed by atoms with E-state index in [1.54, 1.807) is 19.2 Å². The maximum absolute atomic E-state index is 12.3. The van der Waals surface area contributed by atoms with Crippen molar-refractivity contribution in [2.75, 3.05) is 4.72 Å². The van der Waals surface area contributed by atoms with Crippen molar-refractivity contribution in [1.82, 2.24) is 10.2 Å². The lowest BCUT2D eigenvalue weighted by atomic mass is 10.3. The minimum Gasteiger partial charge on any atom is -0.366 e. The summed E-state index contributed by atoms with van der Waals surface area (Å²) < 4.78 is 26.9. The molecule has 0 radical (unpaired) electrons. The zero-order valence-electron chi connectivity index (χ0n) is 10.2. The van der Waals surface area contributed by atoms with Crippen molar-refractivity contribution in [2.24, 2.45) is 5.73 Å². The number of rotatable bonds is 4. The lowest BCUT2D eigenvalue weighted by Crippen LogP contribution is -2.17. The van der Waals surface area contributed by atoms with Crippen molar-refractivity contribution in [3.8, 4) is 0 Å². The van der Waals surface area contributed by atoms with Crippen LogP contribution in [0, 0.1) is 13.8 Å². The Balaban J connectivity index is 2.43. The van der Waals surface area contributed by atoms with Gasteiger partial charge in [0, 0.05) is 0 Å². The molecule has 0 saturated carbocycles. The SMILES string of the molecule is Cc1n[nH]c(C)c1S(=O)(=O)Nc1sccc1C(N)=O. The molecule has 0 unspecified atom stereocenters. The number of carbonyl (C=O) groups is 1. The molecule has 2 rings (SSSR count). The Labute approximate surface area is 113 Å². The van der Waals surface area contributed by atoms with Gasteiger partial charge in [0.2, 0.25) is 0 Å². The lowest BCUT2D eigenvalue weighted by molar-refractivity contribution is 0.100. The molecule has 2 heterocycles. The fraction of sp³-hybridized carbons (Fsp3) is 0.200. The number of amides is 1. The molecule has 102 valence electrons. The summed E-state index contributed by atoms with van der Waals surface area (Å²) in [7, 11) is -3.80. The van der Waals surface area contributed by atoms with Crippen LogP contribution in [-0.2, 0) is 10.0 Å². The smallest absolute Gasteiger partial charge is 0.266 e. The second-order valence-corrected chi connectivity index (χ2v) is 6.43. The van der Waals surface area contributed by atoms with E-state index in [-0.39, 0.29) is 15.5 Å². The van der Waals surface area contributed by atoms with Gasteiger partial charge in [0.25, 0.3) is 15.9 Å². The maximum atomic E-state index is 12.3. The topological polar surface area (TPSA) is 118 Å². The van der Waals surface area contributed by atoms with E-state index >= 15 is 0 Å². The molecular formula is C10H12N4O3S2. The number of aromatic amines is 1. The Morgan fingerprint density at radius 1 is 1.47 bits per heavy atom. The summed E-state index contributed by atoms with van der Waals surface area (Å²) in [5, 5.41) is 8.23. The summed E-state index contributed by atoms with van der Waals surface area (Å²) in [4.78, 5) is 11.2. The van der Waals surface area contributed by atoms with Crippen LogP contribution in [0.2, 0.25) is 0 Å². The van der Waals surface area contributed by atoms with E-state index in [9.17, 15) is 13.2 Å². The highest BCUT2D eigenvalue weighted by molar-refractivity contribution is 7.93. The molecule has 0 aliphatic heterocycles. The second kappa shape index (κ2) is 4.67. The minimum absolute atomic E-state index is 0.0799. The van der Waals surface area contributed by atoms with Gasteiger partial charge in [0.15, 0.2) is 0 Å². The Morgan fingerprint density at radius 3 is 2.68 bits per heavy atom. The molecule has 7 nitrogen and oxygen atoms in total. The van der Waals surface area contributed by atoms with Crippen molar-refractivity contribution in [2.45, 2.75) is 18.7 Å². The first-order valence-electron chi connectivity index (χ1n) is 5.24. The fourth-order valence-corrected chi connectivity index (χ4v) is 4.19. The third-order valence-electron chi connectivity index (χ3n) is 2.49. The molecule has 2 aromatic heterocycles. The number of hydrogen-bond donors (Lipinski definition) is 3. The van der Waals surface area contributed by atoms with Gasteiger partial charge in [-0.05, 0) is 25.3 Å². The van der Waals surface area contributed by atoms with Crippen molar-refractivity contribution in [3.05, 3.63) is 28.4 Å². The Bertz CT molecular complexity index is 710. The first-order chi connectivity index (χ1) is 8.83. The number of sulfonamides is 1. The van der Waals surface area contributed by atoms with Crippen LogP contribution in [0.5, 0.6) is 0 Å². The normalized spacial score (nSPS) is 11.5. The predicted octanol–water partition coefficient (Wildman–Crippen LogP) is 0.988. The van der Waals surface area contributed by atoms with Gasteiger partial charge in [-0.3, -0.25) is 14.6 Å². The van der Waals surface area contributed by atoms with Gasteiger partial charge < -0.3 is 5.73 Å². The van der Waals surface area contributed by atoms with Crippen molar-refractivity contribution in [3.63, 3.8) is 0 Å². The molecule has 4 N–H and O–H groups in total. The molecule has 0 aliphatic carbocycles. The van der Waals surface area contributed by atoms with Crippen LogP contribution in [0.1, 0.15) is 21.7 Å².